The average Bonchev–Trinajstić information content (AvgIpc) is 2.74. The summed E-state index contributed by atoms with van der Waals surface area (Å²) in [5, 5.41) is 0.564. The largest absolute Gasteiger partial charge is 0.466 e. The lowest BCUT2D eigenvalue weighted by Crippen LogP contribution is -2.28. The molecule has 0 atom stereocenters. The van der Waals surface area contributed by atoms with E-state index in [1.54, 1.807) is 23.4 Å². The minimum absolute atomic E-state index is 0.231. The zero-order valence-electron chi connectivity index (χ0n) is 15.9. The fraction of sp³-hybridized carbons (Fsp3) is 0.182. The minimum atomic E-state index is -0.752. The third kappa shape index (κ3) is 4.49. The highest BCUT2D eigenvalue weighted by Gasteiger charge is 2.35. The van der Waals surface area contributed by atoms with Crippen LogP contribution in [-0.4, -0.2) is 31.1 Å². The SMILES string of the molecule is COC(=O)C1=CN(Cc2ccccc2Cl)C=C(C(=O)OC)C1c1ccc(F)cc1. The summed E-state index contributed by atoms with van der Waals surface area (Å²) in [5.41, 5.74) is 1.84. The van der Waals surface area contributed by atoms with E-state index in [2.05, 4.69) is 0 Å². The highest BCUT2D eigenvalue weighted by atomic mass is 35.5. The van der Waals surface area contributed by atoms with Crippen LogP contribution in [0.3, 0.4) is 0 Å². The van der Waals surface area contributed by atoms with E-state index in [9.17, 15) is 14.0 Å². The summed E-state index contributed by atoms with van der Waals surface area (Å²) < 4.78 is 23.3. The molecule has 0 fully saturated rings. The molecule has 1 aliphatic rings. The molecule has 1 aliphatic heterocycles. The van der Waals surface area contributed by atoms with E-state index in [0.717, 1.165) is 5.56 Å². The number of nitrogens with zero attached hydrogens (tertiary/aromatic N) is 1. The molecule has 0 bridgehead atoms. The average molecular weight is 416 g/mol. The predicted molar refractivity (Wildman–Crippen MR) is 106 cm³/mol. The minimum Gasteiger partial charge on any atom is -0.466 e. The van der Waals surface area contributed by atoms with Gasteiger partial charge in [-0.05, 0) is 29.3 Å². The summed E-state index contributed by atoms with van der Waals surface area (Å²) in [6.45, 7) is 0.330. The second-order valence-corrected chi connectivity index (χ2v) is 6.81. The summed E-state index contributed by atoms with van der Waals surface area (Å²) in [4.78, 5) is 26.8. The molecule has 0 aromatic heterocycles. The number of benzene rings is 2. The summed E-state index contributed by atoms with van der Waals surface area (Å²) >= 11 is 6.25. The molecule has 5 nitrogen and oxygen atoms in total. The van der Waals surface area contributed by atoms with Gasteiger partial charge in [0.1, 0.15) is 5.82 Å². The Kier molecular flexibility index (Phi) is 6.34. The van der Waals surface area contributed by atoms with Crippen LogP contribution < -0.4 is 0 Å². The molecule has 7 heteroatoms. The predicted octanol–water partition coefficient (Wildman–Crippen LogP) is 4.19. The molecule has 0 unspecified atom stereocenters. The van der Waals surface area contributed by atoms with Crippen LogP contribution in [-0.2, 0) is 25.6 Å². The van der Waals surface area contributed by atoms with Gasteiger partial charge in [0.15, 0.2) is 0 Å². The van der Waals surface area contributed by atoms with Crippen molar-refractivity contribution in [1.82, 2.24) is 4.90 Å². The Morgan fingerprint density at radius 2 is 1.52 bits per heavy atom. The lowest BCUT2D eigenvalue weighted by Gasteiger charge is -2.30. The van der Waals surface area contributed by atoms with Crippen LogP contribution in [0.4, 0.5) is 4.39 Å². The van der Waals surface area contributed by atoms with E-state index in [4.69, 9.17) is 21.1 Å². The Balaban J connectivity index is 2.08. The number of rotatable bonds is 5. The molecule has 0 saturated heterocycles. The standard InChI is InChI=1S/C22H19ClFNO4/c1-28-21(26)17-12-25(11-15-5-3-4-6-19(15)23)13-18(22(27)29-2)20(17)14-7-9-16(24)10-8-14/h3-10,12-13,20H,11H2,1-2H3. The van der Waals surface area contributed by atoms with Gasteiger partial charge in [-0.25, -0.2) is 14.0 Å². The molecule has 150 valence electrons. The van der Waals surface area contributed by atoms with Gasteiger partial charge in [0.25, 0.3) is 0 Å². The van der Waals surface area contributed by atoms with E-state index in [0.29, 0.717) is 17.1 Å². The highest BCUT2D eigenvalue weighted by molar-refractivity contribution is 6.31. The first-order chi connectivity index (χ1) is 13.9. The summed E-state index contributed by atoms with van der Waals surface area (Å²) in [6.07, 6.45) is 3.21. The normalized spacial score (nSPS) is 14.1. The maximum atomic E-state index is 13.4. The number of esters is 2. The van der Waals surface area contributed by atoms with Gasteiger partial charge in [-0.2, -0.15) is 0 Å². The van der Waals surface area contributed by atoms with E-state index in [1.165, 1.54) is 38.5 Å². The molecule has 2 aromatic rings. The summed E-state index contributed by atoms with van der Waals surface area (Å²) in [6, 6.07) is 12.9. The van der Waals surface area contributed by atoms with Crippen LogP contribution >= 0.6 is 11.6 Å². The Morgan fingerprint density at radius 1 is 0.966 bits per heavy atom. The Bertz CT molecular complexity index is 951. The Labute approximate surface area is 173 Å². The van der Waals surface area contributed by atoms with Crippen molar-refractivity contribution in [1.29, 1.82) is 0 Å². The van der Waals surface area contributed by atoms with Crippen molar-refractivity contribution < 1.29 is 23.5 Å². The van der Waals surface area contributed by atoms with E-state index in [1.807, 2.05) is 18.2 Å². The third-order valence-corrected chi connectivity index (χ3v) is 4.96. The molecular weight excluding hydrogens is 397 g/mol. The zero-order valence-corrected chi connectivity index (χ0v) is 16.7. The first kappa shape index (κ1) is 20.6. The molecule has 29 heavy (non-hydrogen) atoms. The van der Waals surface area contributed by atoms with Gasteiger partial charge in [-0.15, -0.1) is 0 Å². The van der Waals surface area contributed by atoms with Crippen LogP contribution in [0, 0.1) is 5.82 Å². The number of hydrogen-bond donors (Lipinski definition) is 0. The molecule has 0 spiro atoms. The van der Waals surface area contributed by atoms with Gasteiger partial charge in [0.2, 0.25) is 0 Å². The van der Waals surface area contributed by atoms with Crippen molar-refractivity contribution in [3.63, 3.8) is 0 Å². The number of carbonyl (C=O) groups is 2. The first-order valence-electron chi connectivity index (χ1n) is 8.79. The van der Waals surface area contributed by atoms with E-state index in [-0.39, 0.29) is 11.1 Å². The van der Waals surface area contributed by atoms with Crippen molar-refractivity contribution in [2.24, 2.45) is 0 Å². The molecule has 0 N–H and O–H groups in total. The fourth-order valence-corrected chi connectivity index (χ4v) is 3.41. The monoisotopic (exact) mass is 415 g/mol. The van der Waals surface area contributed by atoms with Crippen LogP contribution in [0.25, 0.3) is 0 Å². The third-order valence-electron chi connectivity index (χ3n) is 4.59. The zero-order chi connectivity index (χ0) is 21.0. The molecule has 2 aromatic carbocycles. The Hall–Kier alpha value is -3.12. The van der Waals surface area contributed by atoms with Crippen molar-refractivity contribution in [2.75, 3.05) is 14.2 Å². The van der Waals surface area contributed by atoms with Crippen LogP contribution in [0.2, 0.25) is 5.02 Å². The molecule has 3 rings (SSSR count). The van der Waals surface area contributed by atoms with Crippen molar-refractivity contribution >= 4 is 23.5 Å². The molecule has 0 radical (unpaired) electrons. The maximum Gasteiger partial charge on any atom is 0.336 e. The number of halogens is 2. The molecule has 0 aliphatic carbocycles. The van der Waals surface area contributed by atoms with Gasteiger partial charge >= 0.3 is 11.9 Å². The molecule has 1 heterocycles. The van der Waals surface area contributed by atoms with Crippen LogP contribution in [0.15, 0.2) is 72.1 Å². The van der Waals surface area contributed by atoms with Crippen LogP contribution in [0.1, 0.15) is 17.0 Å². The second-order valence-electron chi connectivity index (χ2n) is 6.40. The molecule has 0 amide bonds. The highest BCUT2D eigenvalue weighted by Crippen LogP contribution is 2.37. The van der Waals surface area contributed by atoms with Crippen molar-refractivity contribution in [3.8, 4) is 0 Å². The number of hydrogen-bond acceptors (Lipinski definition) is 5. The quantitative estimate of drug-likeness (QED) is 0.685. The fourth-order valence-electron chi connectivity index (χ4n) is 3.22. The lowest BCUT2D eigenvalue weighted by atomic mass is 9.83. The van der Waals surface area contributed by atoms with Gasteiger partial charge in [0.05, 0.1) is 31.3 Å². The summed E-state index contributed by atoms with van der Waals surface area (Å²) in [5.74, 6) is -2.37. The molecular formula is C22H19ClFNO4. The van der Waals surface area contributed by atoms with Gasteiger partial charge in [-0.1, -0.05) is 41.9 Å². The van der Waals surface area contributed by atoms with Crippen molar-refractivity contribution in [2.45, 2.75) is 12.5 Å². The first-order valence-corrected chi connectivity index (χ1v) is 9.17. The number of methoxy groups -OCH3 is 2. The molecule has 0 saturated carbocycles. The Morgan fingerprint density at radius 3 is 2.03 bits per heavy atom. The van der Waals surface area contributed by atoms with Crippen molar-refractivity contribution in [3.05, 3.63) is 94.0 Å². The second kappa shape index (κ2) is 8.92. The summed E-state index contributed by atoms with van der Waals surface area (Å²) in [7, 11) is 2.53. The lowest BCUT2D eigenvalue weighted by molar-refractivity contribution is -0.137. The van der Waals surface area contributed by atoms with E-state index >= 15 is 0 Å². The maximum absolute atomic E-state index is 13.4. The van der Waals surface area contributed by atoms with Gasteiger partial charge < -0.3 is 14.4 Å². The number of carbonyl (C=O) groups excluding carboxylic acids is 2. The topological polar surface area (TPSA) is 55.8 Å². The smallest absolute Gasteiger partial charge is 0.336 e. The van der Waals surface area contributed by atoms with E-state index < -0.39 is 23.7 Å². The van der Waals surface area contributed by atoms with Gasteiger partial charge in [0, 0.05) is 24.0 Å². The van der Waals surface area contributed by atoms with Crippen LogP contribution in [0.5, 0.6) is 0 Å². The number of ether oxygens (including phenoxy) is 2. The van der Waals surface area contributed by atoms with Gasteiger partial charge in [-0.3, -0.25) is 0 Å².